The maximum Gasteiger partial charge on any atom is 0.314 e. The molecule has 0 aliphatic carbocycles. The molecule has 0 aromatic heterocycles. The van der Waals surface area contributed by atoms with Crippen LogP contribution in [0.15, 0.2) is 24.3 Å². The molecule has 0 saturated heterocycles. The van der Waals surface area contributed by atoms with Crippen molar-refractivity contribution in [2.75, 3.05) is 19.7 Å². The number of ether oxygens (including phenoxy) is 1. The van der Waals surface area contributed by atoms with Gasteiger partial charge in [-0.3, -0.25) is 0 Å². The summed E-state index contributed by atoms with van der Waals surface area (Å²) in [6, 6.07) is 5.94. The first-order chi connectivity index (χ1) is 8.24. The number of urea groups is 1. The van der Waals surface area contributed by atoms with E-state index in [0.29, 0.717) is 13.1 Å². The Labute approximate surface area is 100 Å². The Morgan fingerprint density at radius 1 is 1.29 bits per heavy atom. The van der Waals surface area contributed by atoms with Crippen molar-refractivity contribution in [2.45, 2.75) is 13.3 Å². The Bertz CT molecular complexity index is 358. The van der Waals surface area contributed by atoms with Gasteiger partial charge in [0.15, 0.2) is 11.6 Å². The summed E-state index contributed by atoms with van der Waals surface area (Å²) in [6.07, 6.45) is 0.888. The van der Waals surface area contributed by atoms with E-state index >= 15 is 0 Å². The number of hydrogen-bond donors (Lipinski definition) is 2. The highest BCUT2D eigenvalue weighted by atomic mass is 19.1. The lowest BCUT2D eigenvalue weighted by atomic mass is 10.3. The van der Waals surface area contributed by atoms with E-state index in [-0.39, 0.29) is 18.4 Å². The van der Waals surface area contributed by atoms with Crippen LogP contribution in [0.1, 0.15) is 13.3 Å². The fraction of sp³-hybridized carbons (Fsp3) is 0.417. The van der Waals surface area contributed by atoms with E-state index in [0.717, 1.165) is 6.42 Å². The first-order valence-electron chi connectivity index (χ1n) is 5.63. The van der Waals surface area contributed by atoms with Crippen LogP contribution in [0.4, 0.5) is 9.18 Å². The van der Waals surface area contributed by atoms with Gasteiger partial charge in [-0.05, 0) is 18.6 Å². The second-order valence-electron chi connectivity index (χ2n) is 3.46. The van der Waals surface area contributed by atoms with Crippen molar-refractivity contribution in [1.29, 1.82) is 0 Å². The van der Waals surface area contributed by atoms with E-state index in [2.05, 4.69) is 10.6 Å². The number of nitrogens with one attached hydrogen (secondary N) is 2. The largest absolute Gasteiger partial charge is 0.489 e. The van der Waals surface area contributed by atoms with Crippen molar-refractivity contribution in [3.63, 3.8) is 0 Å². The van der Waals surface area contributed by atoms with Crippen LogP contribution in [0.25, 0.3) is 0 Å². The van der Waals surface area contributed by atoms with Gasteiger partial charge in [0.2, 0.25) is 0 Å². The second kappa shape index (κ2) is 7.49. The number of hydrogen-bond acceptors (Lipinski definition) is 2. The molecule has 0 unspecified atom stereocenters. The van der Waals surface area contributed by atoms with Gasteiger partial charge in [-0.25, -0.2) is 9.18 Å². The molecule has 4 nitrogen and oxygen atoms in total. The van der Waals surface area contributed by atoms with Crippen LogP contribution in [0, 0.1) is 5.82 Å². The molecule has 1 rings (SSSR count). The second-order valence-corrected chi connectivity index (χ2v) is 3.46. The highest BCUT2D eigenvalue weighted by molar-refractivity contribution is 5.73. The fourth-order valence-electron chi connectivity index (χ4n) is 1.19. The number of carbonyl (C=O) groups is 1. The summed E-state index contributed by atoms with van der Waals surface area (Å²) >= 11 is 0. The molecule has 1 aromatic rings. The molecule has 2 amide bonds. The minimum atomic E-state index is -0.400. The van der Waals surface area contributed by atoms with E-state index < -0.39 is 5.82 Å². The van der Waals surface area contributed by atoms with Crippen molar-refractivity contribution >= 4 is 6.03 Å². The van der Waals surface area contributed by atoms with Gasteiger partial charge in [-0.2, -0.15) is 0 Å². The monoisotopic (exact) mass is 240 g/mol. The van der Waals surface area contributed by atoms with Crippen molar-refractivity contribution in [3.05, 3.63) is 30.1 Å². The van der Waals surface area contributed by atoms with Gasteiger partial charge in [-0.1, -0.05) is 19.1 Å². The lowest BCUT2D eigenvalue weighted by Crippen LogP contribution is -2.38. The van der Waals surface area contributed by atoms with Gasteiger partial charge in [0, 0.05) is 6.54 Å². The topological polar surface area (TPSA) is 50.4 Å². The first kappa shape index (κ1) is 13.3. The lowest BCUT2D eigenvalue weighted by Gasteiger charge is -2.08. The smallest absolute Gasteiger partial charge is 0.314 e. The molecule has 0 saturated carbocycles. The molecule has 1 aromatic carbocycles. The summed E-state index contributed by atoms with van der Waals surface area (Å²) in [5.74, 6) is -0.203. The molecule has 2 N–H and O–H groups in total. The first-order valence-corrected chi connectivity index (χ1v) is 5.63. The van der Waals surface area contributed by atoms with Crippen LogP contribution in [0.5, 0.6) is 5.75 Å². The number of carbonyl (C=O) groups excluding carboxylic acids is 1. The molecule has 0 fully saturated rings. The van der Waals surface area contributed by atoms with E-state index in [9.17, 15) is 9.18 Å². The van der Waals surface area contributed by atoms with E-state index in [4.69, 9.17) is 4.74 Å². The third-order valence-electron chi connectivity index (χ3n) is 2.02. The van der Waals surface area contributed by atoms with Crippen molar-refractivity contribution in [2.24, 2.45) is 0 Å². The fourth-order valence-corrected chi connectivity index (χ4v) is 1.19. The molecule has 0 aliphatic heterocycles. The standard InChI is InChI=1S/C12H17FN2O2/c1-2-7-14-12(16)15-8-9-17-11-6-4-3-5-10(11)13/h3-6H,2,7-9H2,1H3,(H2,14,15,16). The summed E-state index contributed by atoms with van der Waals surface area (Å²) in [5.41, 5.74) is 0. The number of para-hydroxylation sites is 1. The van der Waals surface area contributed by atoms with E-state index in [1.807, 2.05) is 6.92 Å². The molecule has 5 heteroatoms. The van der Waals surface area contributed by atoms with Crippen LogP contribution >= 0.6 is 0 Å². The lowest BCUT2D eigenvalue weighted by molar-refractivity contribution is 0.235. The average Bonchev–Trinajstić information content (AvgIpc) is 2.34. The zero-order valence-corrected chi connectivity index (χ0v) is 9.83. The number of benzene rings is 1. The van der Waals surface area contributed by atoms with Crippen molar-refractivity contribution in [1.82, 2.24) is 10.6 Å². The van der Waals surface area contributed by atoms with Gasteiger partial charge in [0.25, 0.3) is 0 Å². The number of amides is 2. The minimum Gasteiger partial charge on any atom is -0.489 e. The van der Waals surface area contributed by atoms with Crippen molar-refractivity contribution in [3.8, 4) is 5.75 Å². The summed E-state index contributed by atoms with van der Waals surface area (Å²) in [6.45, 7) is 3.19. The van der Waals surface area contributed by atoms with Crippen molar-refractivity contribution < 1.29 is 13.9 Å². The van der Waals surface area contributed by atoms with Gasteiger partial charge >= 0.3 is 6.03 Å². The summed E-state index contributed by atoms with van der Waals surface area (Å²) in [4.78, 5) is 11.1. The SMILES string of the molecule is CCCNC(=O)NCCOc1ccccc1F. The highest BCUT2D eigenvalue weighted by Crippen LogP contribution is 2.14. The Kier molecular flexibility index (Phi) is 5.85. The molecule has 0 radical (unpaired) electrons. The zero-order chi connectivity index (χ0) is 12.5. The Balaban J connectivity index is 2.16. The molecule has 94 valence electrons. The number of halogens is 1. The summed E-state index contributed by atoms with van der Waals surface area (Å²) in [7, 11) is 0. The minimum absolute atomic E-state index is 0.197. The molecular formula is C12H17FN2O2. The molecule has 0 aliphatic rings. The van der Waals surface area contributed by atoms with Gasteiger partial charge in [0.1, 0.15) is 6.61 Å². The quantitative estimate of drug-likeness (QED) is 0.746. The van der Waals surface area contributed by atoms with E-state index in [1.165, 1.54) is 6.07 Å². The predicted molar refractivity (Wildman–Crippen MR) is 63.6 cm³/mol. The molecular weight excluding hydrogens is 223 g/mol. The molecule has 0 spiro atoms. The summed E-state index contributed by atoms with van der Waals surface area (Å²) in [5, 5.41) is 5.27. The van der Waals surface area contributed by atoms with Crippen LogP contribution < -0.4 is 15.4 Å². The van der Waals surface area contributed by atoms with Gasteiger partial charge in [0.05, 0.1) is 6.54 Å². The third kappa shape index (κ3) is 5.19. The van der Waals surface area contributed by atoms with Crippen LogP contribution in [0.3, 0.4) is 0 Å². The normalized spacial score (nSPS) is 9.76. The maximum absolute atomic E-state index is 13.1. The Morgan fingerprint density at radius 2 is 2.00 bits per heavy atom. The predicted octanol–water partition coefficient (Wildman–Crippen LogP) is 1.91. The molecule has 0 bridgehead atoms. The molecule has 0 atom stereocenters. The average molecular weight is 240 g/mol. The van der Waals surface area contributed by atoms with Crippen LogP contribution in [-0.4, -0.2) is 25.7 Å². The number of rotatable bonds is 6. The Morgan fingerprint density at radius 3 is 2.71 bits per heavy atom. The van der Waals surface area contributed by atoms with Gasteiger partial charge in [-0.15, -0.1) is 0 Å². The van der Waals surface area contributed by atoms with E-state index in [1.54, 1.807) is 18.2 Å². The highest BCUT2D eigenvalue weighted by Gasteiger charge is 2.01. The Hall–Kier alpha value is -1.78. The summed E-state index contributed by atoms with van der Waals surface area (Å²) < 4.78 is 18.3. The zero-order valence-electron chi connectivity index (χ0n) is 9.83. The van der Waals surface area contributed by atoms with Crippen LogP contribution in [0.2, 0.25) is 0 Å². The third-order valence-corrected chi connectivity index (χ3v) is 2.02. The van der Waals surface area contributed by atoms with Crippen LogP contribution in [-0.2, 0) is 0 Å². The molecule has 17 heavy (non-hydrogen) atoms. The van der Waals surface area contributed by atoms with Gasteiger partial charge < -0.3 is 15.4 Å². The maximum atomic E-state index is 13.1. The molecule has 0 heterocycles.